The van der Waals surface area contributed by atoms with Crippen LogP contribution in [0.4, 0.5) is 0 Å². The van der Waals surface area contributed by atoms with Crippen molar-refractivity contribution in [2.24, 2.45) is 5.92 Å². The molecule has 3 rings (SSSR count). The normalized spacial score (nSPS) is 25.7. The number of esters is 1. The number of ether oxygens (including phenoxy) is 2. The van der Waals surface area contributed by atoms with Crippen molar-refractivity contribution in [2.45, 2.75) is 36.6 Å². The van der Waals surface area contributed by atoms with Crippen LogP contribution in [0.25, 0.3) is 0 Å². The van der Waals surface area contributed by atoms with Crippen molar-refractivity contribution >= 4 is 33.1 Å². The van der Waals surface area contributed by atoms with Crippen LogP contribution in [0.15, 0.2) is 16.3 Å². The summed E-state index contributed by atoms with van der Waals surface area (Å²) in [5, 5.41) is 1.56. The van der Waals surface area contributed by atoms with Crippen LogP contribution in [0, 0.1) is 5.92 Å². The maximum atomic E-state index is 13.2. The van der Waals surface area contributed by atoms with Gasteiger partial charge in [-0.1, -0.05) is 6.42 Å². The Kier molecular flexibility index (Phi) is 5.57. The first-order chi connectivity index (χ1) is 12.0. The third-order valence-corrected chi connectivity index (χ3v) is 7.76. The number of morpholine rings is 1. The first-order valence-corrected chi connectivity index (χ1v) is 10.6. The Bertz CT molecular complexity index is 756. The van der Waals surface area contributed by atoms with E-state index < -0.39 is 22.0 Å². The van der Waals surface area contributed by atoms with Crippen LogP contribution < -0.4 is 0 Å². The molecule has 0 amide bonds. The second kappa shape index (κ2) is 7.53. The fraction of sp³-hybridized carbons (Fsp3) is 0.625. The summed E-state index contributed by atoms with van der Waals surface area (Å²) in [5.74, 6) is -0.920. The van der Waals surface area contributed by atoms with Gasteiger partial charge in [0.15, 0.2) is 0 Å². The van der Waals surface area contributed by atoms with Crippen LogP contribution in [0.5, 0.6) is 0 Å². The van der Waals surface area contributed by atoms with E-state index >= 15 is 0 Å². The molecule has 2 atom stereocenters. The number of nitrogens with zero attached hydrogens (tertiary/aromatic N) is 1. The Morgan fingerprint density at radius 3 is 2.92 bits per heavy atom. The van der Waals surface area contributed by atoms with Gasteiger partial charge in [0.1, 0.15) is 15.6 Å². The molecular formula is C16H21NO6S2. The van der Waals surface area contributed by atoms with Crippen molar-refractivity contribution in [2.75, 3.05) is 26.9 Å². The minimum absolute atomic E-state index is 0.0560. The van der Waals surface area contributed by atoms with E-state index in [-0.39, 0.29) is 41.2 Å². The molecule has 9 heteroatoms. The second-order valence-corrected chi connectivity index (χ2v) is 8.96. The molecule has 0 bridgehead atoms. The second-order valence-electron chi connectivity index (χ2n) is 6.18. The zero-order valence-electron chi connectivity index (χ0n) is 14.0. The topological polar surface area (TPSA) is 90.0 Å². The number of carbonyl (C=O) groups excluding carboxylic acids is 2. The van der Waals surface area contributed by atoms with Crippen molar-refractivity contribution in [3.05, 3.63) is 16.3 Å². The predicted molar refractivity (Wildman–Crippen MR) is 91.1 cm³/mol. The van der Waals surface area contributed by atoms with Gasteiger partial charge in [-0.3, -0.25) is 4.79 Å². The fourth-order valence-electron chi connectivity index (χ4n) is 3.51. The van der Waals surface area contributed by atoms with Crippen LogP contribution in [0.1, 0.15) is 35.4 Å². The van der Waals surface area contributed by atoms with Gasteiger partial charge in [0.25, 0.3) is 0 Å². The minimum Gasteiger partial charge on any atom is -0.465 e. The minimum atomic E-state index is -3.92. The Morgan fingerprint density at radius 2 is 2.20 bits per heavy atom. The maximum absolute atomic E-state index is 13.2. The van der Waals surface area contributed by atoms with Gasteiger partial charge in [-0.25, -0.2) is 13.2 Å². The van der Waals surface area contributed by atoms with Gasteiger partial charge < -0.3 is 9.47 Å². The molecule has 1 aliphatic carbocycles. The molecule has 2 aliphatic rings. The van der Waals surface area contributed by atoms with E-state index in [4.69, 9.17) is 4.74 Å². The van der Waals surface area contributed by atoms with E-state index in [1.165, 1.54) is 17.5 Å². The lowest BCUT2D eigenvalue weighted by Gasteiger charge is -2.39. The molecule has 1 aromatic rings. The van der Waals surface area contributed by atoms with Gasteiger partial charge in [0.2, 0.25) is 10.0 Å². The Labute approximate surface area is 151 Å². The number of Topliss-reactive ketones (excluding diaryl/α,β-unsaturated/α-hetero) is 1. The van der Waals surface area contributed by atoms with Gasteiger partial charge in [-0.15, -0.1) is 11.3 Å². The molecule has 0 aromatic carbocycles. The van der Waals surface area contributed by atoms with Gasteiger partial charge in [0, 0.05) is 18.9 Å². The van der Waals surface area contributed by atoms with Gasteiger partial charge >= 0.3 is 5.97 Å². The summed E-state index contributed by atoms with van der Waals surface area (Å²) < 4.78 is 37.9. The molecule has 2 heterocycles. The number of carbonyl (C=O) groups is 2. The number of sulfonamides is 1. The lowest BCUT2D eigenvalue weighted by Crippen LogP contribution is -2.54. The highest BCUT2D eigenvalue weighted by Crippen LogP contribution is 2.33. The lowest BCUT2D eigenvalue weighted by atomic mass is 9.82. The van der Waals surface area contributed by atoms with Crippen molar-refractivity contribution in [1.29, 1.82) is 0 Å². The van der Waals surface area contributed by atoms with Crippen molar-refractivity contribution in [3.63, 3.8) is 0 Å². The molecular weight excluding hydrogens is 366 g/mol. The fourth-order valence-corrected chi connectivity index (χ4v) is 6.45. The summed E-state index contributed by atoms with van der Waals surface area (Å²) in [6.07, 6.45) is 2.92. The van der Waals surface area contributed by atoms with Crippen LogP contribution in [0.2, 0.25) is 0 Å². The molecule has 1 saturated carbocycles. The van der Waals surface area contributed by atoms with E-state index in [0.29, 0.717) is 12.8 Å². The first kappa shape index (κ1) is 18.5. The zero-order chi connectivity index (χ0) is 18.0. The Balaban J connectivity index is 1.95. The van der Waals surface area contributed by atoms with Gasteiger partial charge in [-0.2, -0.15) is 4.31 Å². The number of hydrogen-bond acceptors (Lipinski definition) is 7. The molecule has 7 nitrogen and oxygen atoms in total. The Morgan fingerprint density at radius 1 is 1.40 bits per heavy atom. The van der Waals surface area contributed by atoms with Crippen LogP contribution in [-0.2, 0) is 24.3 Å². The standard InChI is InChI=1S/C16H21NO6S2/c1-22-16(19)15-14(6-9-24-15)25(20,21)17-7-8-23-10-12(17)11-4-2-3-5-13(11)18/h6,9,11-12H,2-5,7-8,10H2,1H3/t11-,12-/m0/s1. The van der Waals surface area contributed by atoms with E-state index in [9.17, 15) is 18.0 Å². The number of thiophene rings is 1. The summed E-state index contributed by atoms with van der Waals surface area (Å²) in [6, 6.07) is 0.901. The number of rotatable bonds is 4. The predicted octanol–water partition coefficient (Wildman–Crippen LogP) is 1.68. The van der Waals surface area contributed by atoms with Crippen molar-refractivity contribution in [1.82, 2.24) is 4.31 Å². The van der Waals surface area contributed by atoms with Gasteiger partial charge in [-0.05, 0) is 24.3 Å². The highest BCUT2D eigenvalue weighted by atomic mass is 32.2. The van der Waals surface area contributed by atoms with Crippen LogP contribution >= 0.6 is 11.3 Å². The SMILES string of the molecule is COC(=O)c1sccc1S(=O)(=O)N1CCOC[C@H]1[C@@H]1CCCCC1=O. The summed E-state index contributed by atoms with van der Waals surface area (Å²) in [5.41, 5.74) is 0. The highest BCUT2D eigenvalue weighted by molar-refractivity contribution is 7.89. The first-order valence-electron chi connectivity index (χ1n) is 8.25. The molecule has 138 valence electrons. The van der Waals surface area contributed by atoms with Crippen LogP contribution in [-0.4, -0.2) is 57.4 Å². The third-order valence-electron chi connectivity index (χ3n) is 4.77. The summed E-state index contributed by atoms with van der Waals surface area (Å²) in [7, 11) is -2.70. The van der Waals surface area contributed by atoms with E-state index in [1.807, 2.05) is 0 Å². The van der Waals surface area contributed by atoms with Crippen molar-refractivity contribution < 1.29 is 27.5 Å². The van der Waals surface area contributed by atoms with Crippen molar-refractivity contribution in [3.8, 4) is 0 Å². The van der Waals surface area contributed by atoms with Gasteiger partial charge in [0.05, 0.1) is 26.4 Å². The monoisotopic (exact) mass is 387 g/mol. The lowest BCUT2D eigenvalue weighted by molar-refractivity contribution is -0.128. The highest BCUT2D eigenvalue weighted by Gasteiger charge is 2.43. The molecule has 25 heavy (non-hydrogen) atoms. The molecule has 1 saturated heterocycles. The molecule has 0 N–H and O–H groups in total. The molecule has 0 unspecified atom stereocenters. The summed E-state index contributed by atoms with van der Waals surface area (Å²) >= 11 is 1.03. The average Bonchev–Trinajstić information content (AvgIpc) is 3.12. The molecule has 0 radical (unpaired) electrons. The quantitative estimate of drug-likeness (QED) is 0.730. The van der Waals surface area contributed by atoms with Crippen LogP contribution in [0.3, 0.4) is 0 Å². The number of ketones is 1. The Hall–Kier alpha value is -1.29. The average molecular weight is 387 g/mol. The molecule has 2 fully saturated rings. The van der Waals surface area contributed by atoms with E-state index in [2.05, 4.69) is 4.74 Å². The molecule has 1 aromatic heterocycles. The number of hydrogen-bond donors (Lipinski definition) is 0. The summed E-state index contributed by atoms with van der Waals surface area (Å²) in [6.45, 7) is 0.648. The molecule has 0 spiro atoms. The van der Waals surface area contributed by atoms with E-state index in [1.54, 1.807) is 5.38 Å². The smallest absolute Gasteiger partial charge is 0.349 e. The maximum Gasteiger partial charge on any atom is 0.349 e. The zero-order valence-corrected chi connectivity index (χ0v) is 15.6. The molecule has 1 aliphatic heterocycles. The van der Waals surface area contributed by atoms with E-state index in [0.717, 1.165) is 24.2 Å². The third kappa shape index (κ3) is 3.51. The largest absolute Gasteiger partial charge is 0.465 e. The summed E-state index contributed by atoms with van der Waals surface area (Å²) in [4.78, 5) is 24.2. The number of methoxy groups -OCH3 is 1.